The monoisotopic (exact) mass is 548 g/mol. The summed E-state index contributed by atoms with van der Waals surface area (Å²) < 4.78 is 0. The molecule has 0 heterocycles. The molecule has 0 aromatic rings. The maximum atomic E-state index is 13.0. The molecule has 0 radical (unpaired) electrons. The average molecular weight is 549 g/mol. The Morgan fingerprint density at radius 2 is 1.38 bits per heavy atom. The first-order valence-corrected chi connectivity index (χ1v) is 12.6. The first-order chi connectivity index (χ1) is 17.3. The van der Waals surface area contributed by atoms with Crippen LogP contribution in [0.25, 0.3) is 0 Å². The lowest BCUT2D eigenvalue weighted by Crippen LogP contribution is -2.57. The summed E-state index contributed by atoms with van der Waals surface area (Å²) in [6, 6.07) is -5.29. The Kier molecular flexibility index (Phi) is 16.0. The van der Waals surface area contributed by atoms with Gasteiger partial charge in [0.05, 0.1) is 12.5 Å². The van der Waals surface area contributed by atoms with Gasteiger partial charge in [-0.25, -0.2) is 4.79 Å². The highest BCUT2D eigenvalue weighted by Crippen LogP contribution is 2.06. The number of carboxylic acid groups (broad SMARTS) is 2. The SMILES string of the molecule is CSCCC(NC(=O)C(CCC(N)=O)NC(=O)C(N)CCCN=C(N)N)C(=O)NC(CC(=O)O)C(=O)O. The molecule has 13 N–H and O–H groups in total. The van der Waals surface area contributed by atoms with Crippen molar-refractivity contribution in [2.45, 2.75) is 62.7 Å². The zero-order valence-electron chi connectivity index (χ0n) is 20.5. The van der Waals surface area contributed by atoms with Gasteiger partial charge in [-0.2, -0.15) is 11.8 Å². The number of nitrogens with two attached hydrogens (primary N) is 4. The van der Waals surface area contributed by atoms with Crippen LogP contribution in [-0.2, 0) is 28.8 Å². The summed E-state index contributed by atoms with van der Waals surface area (Å²) in [6.07, 6.45) is 1.04. The average Bonchev–Trinajstić information content (AvgIpc) is 2.80. The van der Waals surface area contributed by atoms with E-state index in [1.807, 2.05) is 0 Å². The largest absolute Gasteiger partial charge is 0.481 e. The van der Waals surface area contributed by atoms with Crippen molar-refractivity contribution in [2.75, 3.05) is 18.6 Å². The zero-order chi connectivity index (χ0) is 28.5. The summed E-state index contributed by atoms with van der Waals surface area (Å²) in [5.74, 6) is -5.93. The van der Waals surface area contributed by atoms with Crippen molar-refractivity contribution >= 4 is 53.3 Å². The molecule has 0 saturated carbocycles. The molecule has 0 bridgehead atoms. The molecular weight excluding hydrogens is 512 g/mol. The summed E-state index contributed by atoms with van der Waals surface area (Å²) in [5.41, 5.74) is 21.5. The zero-order valence-corrected chi connectivity index (χ0v) is 21.3. The lowest BCUT2D eigenvalue weighted by atomic mass is 10.1. The standard InChI is InChI=1S/C20H36N8O8S/c1-37-8-6-12(18(34)28-13(19(35)36)9-15(30)31)27-17(33)11(4-5-14(22)29)26-16(32)10(21)3-2-7-25-20(23)24/h10-13H,2-9,21H2,1H3,(H2,22,29)(H,26,32)(H,27,33)(H,28,34)(H,30,31)(H,35,36)(H4,23,24,25). The van der Waals surface area contributed by atoms with Crippen LogP contribution in [0.15, 0.2) is 4.99 Å². The molecule has 0 aliphatic carbocycles. The number of carbonyl (C=O) groups excluding carboxylic acids is 4. The molecule has 4 amide bonds. The second-order valence-electron chi connectivity index (χ2n) is 7.96. The fourth-order valence-corrected chi connectivity index (χ4v) is 3.38. The summed E-state index contributed by atoms with van der Waals surface area (Å²) >= 11 is 1.34. The van der Waals surface area contributed by atoms with E-state index >= 15 is 0 Å². The number of thioether (sulfide) groups is 1. The van der Waals surface area contributed by atoms with Crippen molar-refractivity contribution in [3.05, 3.63) is 0 Å². The molecule has 0 aliphatic heterocycles. The predicted octanol–water partition coefficient (Wildman–Crippen LogP) is -3.60. The maximum Gasteiger partial charge on any atom is 0.326 e. The van der Waals surface area contributed by atoms with Crippen LogP contribution in [-0.4, -0.2) is 94.5 Å². The predicted molar refractivity (Wildman–Crippen MR) is 135 cm³/mol. The van der Waals surface area contributed by atoms with E-state index in [2.05, 4.69) is 20.9 Å². The highest BCUT2D eigenvalue weighted by Gasteiger charge is 2.31. The number of guanidine groups is 1. The van der Waals surface area contributed by atoms with Crippen LogP contribution < -0.4 is 38.9 Å². The molecule has 37 heavy (non-hydrogen) atoms. The molecule has 0 aromatic heterocycles. The van der Waals surface area contributed by atoms with Gasteiger partial charge in [-0.15, -0.1) is 0 Å². The lowest BCUT2D eigenvalue weighted by molar-refractivity contribution is -0.147. The Morgan fingerprint density at radius 1 is 0.838 bits per heavy atom. The van der Waals surface area contributed by atoms with Crippen LogP contribution >= 0.6 is 11.8 Å². The van der Waals surface area contributed by atoms with Gasteiger partial charge >= 0.3 is 11.9 Å². The van der Waals surface area contributed by atoms with E-state index in [4.69, 9.17) is 28.0 Å². The van der Waals surface area contributed by atoms with E-state index in [1.54, 1.807) is 6.26 Å². The number of nitrogens with zero attached hydrogens (tertiary/aromatic N) is 1. The Hall–Kier alpha value is -3.60. The smallest absolute Gasteiger partial charge is 0.326 e. The lowest BCUT2D eigenvalue weighted by Gasteiger charge is -2.25. The summed E-state index contributed by atoms with van der Waals surface area (Å²) in [7, 11) is 0. The Labute approximate surface area is 217 Å². The molecule has 17 heteroatoms. The maximum absolute atomic E-state index is 13.0. The third kappa shape index (κ3) is 15.2. The van der Waals surface area contributed by atoms with Gasteiger partial charge in [0.1, 0.15) is 18.1 Å². The fraction of sp³-hybridized carbons (Fsp3) is 0.650. The van der Waals surface area contributed by atoms with Gasteiger partial charge in [-0.3, -0.25) is 29.0 Å². The third-order valence-corrected chi connectivity index (χ3v) is 5.50. The van der Waals surface area contributed by atoms with Crippen molar-refractivity contribution < 1.29 is 39.0 Å². The minimum atomic E-state index is -1.72. The topological polar surface area (TPSA) is 295 Å². The van der Waals surface area contributed by atoms with Crippen molar-refractivity contribution in [3.8, 4) is 0 Å². The number of primary amides is 1. The van der Waals surface area contributed by atoms with Gasteiger partial charge in [0.15, 0.2) is 5.96 Å². The number of rotatable bonds is 19. The number of aliphatic imine (C=N–C) groups is 1. The van der Waals surface area contributed by atoms with E-state index in [1.165, 1.54) is 11.8 Å². The van der Waals surface area contributed by atoms with Crippen molar-refractivity contribution in [3.63, 3.8) is 0 Å². The third-order valence-electron chi connectivity index (χ3n) is 4.85. The fourth-order valence-electron chi connectivity index (χ4n) is 2.91. The Morgan fingerprint density at radius 3 is 1.86 bits per heavy atom. The van der Waals surface area contributed by atoms with Gasteiger partial charge in [0, 0.05) is 13.0 Å². The highest BCUT2D eigenvalue weighted by molar-refractivity contribution is 7.98. The molecule has 0 rings (SSSR count). The number of nitrogens with one attached hydrogen (secondary N) is 3. The van der Waals surface area contributed by atoms with Crippen molar-refractivity contribution in [1.29, 1.82) is 0 Å². The van der Waals surface area contributed by atoms with E-state index in [9.17, 15) is 33.9 Å². The summed E-state index contributed by atoms with van der Waals surface area (Å²) in [6.45, 7) is 0.236. The molecule has 0 aliphatic rings. The highest BCUT2D eigenvalue weighted by atomic mass is 32.2. The molecular formula is C20H36N8O8S. The number of amides is 4. The minimum Gasteiger partial charge on any atom is -0.481 e. The van der Waals surface area contributed by atoms with Gasteiger partial charge in [0.2, 0.25) is 23.6 Å². The second kappa shape index (κ2) is 17.8. The molecule has 4 unspecified atom stereocenters. The normalized spacial score (nSPS) is 13.8. The van der Waals surface area contributed by atoms with E-state index in [0.717, 1.165) is 0 Å². The number of hydrogen-bond acceptors (Lipinski definition) is 9. The quantitative estimate of drug-likeness (QED) is 0.0429. The number of aliphatic carboxylic acids is 2. The molecule has 0 saturated heterocycles. The van der Waals surface area contributed by atoms with Crippen LogP contribution in [0, 0.1) is 0 Å². The van der Waals surface area contributed by atoms with Gasteiger partial charge in [0.25, 0.3) is 0 Å². The van der Waals surface area contributed by atoms with Gasteiger partial charge in [-0.1, -0.05) is 0 Å². The van der Waals surface area contributed by atoms with Gasteiger partial charge in [-0.05, 0) is 37.7 Å². The Bertz CT molecular complexity index is 852. The summed E-state index contributed by atoms with van der Waals surface area (Å²) in [5, 5.41) is 25.0. The van der Waals surface area contributed by atoms with Crippen LogP contribution in [0.3, 0.4) is 0 Å². The summed E-state index contributed by atoms with van der Waals surface area (Å²) in [4.78, 5) is 75.4. The first kappa shape index (κ1) is 33.4. The van der Waals surface area contributed by atoms with Crippen LogP contribution in [0.1, 0.15) is 38.5 Å². The van der Waals surface area contributed by atoms with E-state index < -0.39 is 66.2 Å². The molecule has 16 nitrogen and oxygen atoms in total. The van der Waals surface area contributed by atoms with E-state index in [-0.39, 0.29) is 38.2 Å². The van der Waals surface area contributed by atoms with Crippen molar-refractivity contribution in [1.82, 2.24) is 16.0 Å². The first-order valence-electron chi connectivity index (χ1n) is 11.2. The van der Waals surface area contributed by atoms with Gasteiger partial charge < -0.3 is 49.1 Å². The molecule has 0 fully saturated rings. The molecule has 0 spiro atoms. The second-order valence-corrected chi connectivity index (χ2v) is 8.95. The molecule has 4 atom stereocenters. The van der Waals surface area contributed by atoms with Crippen molar-refractivity contribution in [2.24, 2.45) is 27.9 Å². The van der Waals surface area contributed by atoms with Crippen LogP contribution in [0.4, 0.5) is 0 Å². The number of carbonyl (C=O) groups is 6. The molecule has 0 aromatic carbocycles. The minimum absolute atomic E-state index is 0.0684. The van der Waals surface area contributed by atoms with Crippen LogP contribution in [0.2, 0.25) is 0 Å². The number of carboxylic acids is 2. The van der Waals surface area contributed by atoms with Crippen LogP contribution in [0.5, 0.6) is 0 Å². The van der Waals surface area contributed by atoms with E-state index in [0.29, 0.717) is 12.2 Å². The Balaban J connectivity index is 5.47. The molecule has 210 valence electrons. The number of hydrogen-bond donors (Lipinski definition) is 9.